The number of nitrogens with one attached hydrogen (secondary N) is 1. The fourth-order valence-corrected chi connectivity index (χ4v) is 2.05. The fourth-order valence-electron chi connectivity index (χ4n) is 2.05. The maximum absolute atomic E-state index is 12.1. The number of rotatable bonds is 3. The first-order valence-electron chi connectivity index (χ1n) is 6.16. The molecule has 1 atom stereocenters. The van der Waals surface area contributed by atoms with Crippen LogP contribution in [-0.2, 0) is 9.53 Å². The summed E-state index contributed by atoms with van der Waals surface area (Å²) in [5.41, 5.74) is 7.84. The van der Waals surface area contributed by atoms with Crippen LogP contribution in [0, 0.1) is 0 Å². The summed E-state index contributed by atoms with van der Waals surface area (Å²) in [5.74, 6) is -0.0583. The summed E-state index contributed by atoms with van der Waals surface area (Å²) < 4.78 is 5.09. The van der Waals surface area contributed by atoms with Crippen LogP contribution in [0.15, 0.2) is 46.6 Å². The number of aliphatic imine (C=N–C) groups is 1. The number of esters is 1. The second-order valence-corrected chi connectivity index (χ2v) is 4.21. The van der Waals surface area contributed by atoms with E-state index >= 15 is 0 Å². The number of nitrogens with two attached hydrogens (primary N) is 1. The maximum atomic E-state index is 12.1. The fraction of sp³-hybridized carbons (Fsp3) is 0.286. The topological polar surface area (TPSA) is 76.7 Å². The molecule has 1 aliphatic rings. The molecule has 1 aromatic carbocycles. The van der Waals surface area contributed by atoms with Gasteiger partial charge in [-0.15, -0.1) is 0 Å². The molecule has 0 radical (unpaired) electrons. The number of ether oxygens (including phenoxy) is 1. The molecule has 0 amide bonds. The molecule has 3 N–H and O–H groups in total. The lowest BCUT2D eigenvalue weighted by atomic mass is 9.96. The molecule has 100 valence electrons. The molecule has 0 aromatic heterocycles. The molecule has 0 saturated carbocycles. The second kappa shape index (κ2) is 5.56. The molecular formula is C14H17N3O2. The van der Waals surface area contributed by atoms with Crippen molar-refractivity contribution in [1.82, 2.24) is 5.32 Å². The van der Waals surface area contributed by atoms with Crippen molar-refractivity contribution < 1.29 is 9.53 Å². The molecule has 1 aromatic rings. The van der Waals surface area contributed by atoms with Crippen molar-refractivity contribution >= 4 is 11.9 Å². The Bertz CT molecular complexity index is 535. The van der Waals surface area contributed by atoms with Crippen molar-refractivity contribution in [3.05, 3.63) is 47.2 Å². The van der Waals surface area contributed by atoms with Crippen LogP contribution in [0.1, 0.15) is 25.5 Å². The number of hydrogen-bond acceptors (Lipinski definition) is 5. The van der Waals surface area contributed by atoms with Crippen LogP contribution in [0.25, 0.3) is 0 Å². The first kappa shape index (κ1) is 13.1. The predicted molar refractivity (Wildman–Crippen MR) is 73.3 cm³/mol. The molecule has 0 fully saturated rings. The zero-order valence-corrected chi connectivity index (χ0v) is 11.0. The zero-order chi connectivity index (χ0) is 13.8. The van der Waals surface area contributed by atoms with Gasteiger partial charge in [0.15, 0.2) is 5.96 Å². The van der Waals surface area contributed by atoms with Gasteiger partial charge < -0.3 is 15.8 Å². The lowest BCUT2D eigenvalue weighted by molar-refractivity contribution is -0.138. The smallest absolute Gasteiger partial charge is 0.338 e. The predicted octanol–water partition coefficient (Wildman–Crippen LogP) is 1.48. The van der Waals surface area contributed by atoms with E-state index in [-0.39, 0.29) is 5.97 Å². The third-order valence-electron chi connectivity index (χ3n) is 2.87. The Kier molecular flexibility index (Phi) is 3.85. The molecule has 0 saturated heterocycles. The molecule has 2 rings (SSSR count). The summed E-state index contributed by atoms with van der Waals surface area (Å²) in [7, 11) is 0. The van der Waals surface area contributed by atoms with Gasteiger partial charge >= 0.3 is 5.97 Å². The molecule has 0 bridgehead atoms. The van der Waals surface area contributed by atoms with E-state index in [1.165, 1.54) is 0 Å². The van der Waals surface area contributed by atoms with Crippen LogP contribution in [0.5, 0.6) is 0 Å². The minimum Gasteiger partial charge on any atom is -0.463 e. The van der Waals surface area contributed by atoms with Crippen molar-refractivity contribution in [3.63, 3.8) is 0 Å². The van der Waals surface area contributed by atoms with Gasteiger partial charge in [0.2, 0.25) is 0 Å². The molecule has 1 heterocycles. The lowest BCUT2D eigenvalue weighted by Crippen LogP contribution is -2.37. The van der Waals surface area contributed by atoms with Crippen molar-refractivity contribution in [2.45, 2.75) is 19.9 Å². The number of hydrogen-bond donors (Lipinski definition) is 2. The van der Waals surface area contributed by atoms with Crippen LogP contribution in [0.3, 0.4) is 0 Å². The average molecular weight is 259 g/mol. The maximum Gasteiger partial charge on any atom is 0.338 e. The molecule has 5 heteroatoms. The molecule has 1 unspecified atom stereocenters. The summed E-state index contributed by atoms with van der Waals surface area (Å²) in [4.78, 5) is 16.4. The number of nitrogens with zero attached hydrogens (tertiary/aromatic N) is 1. The summed E-state index contributed by atoms with van der Waals surface area (Å²) in [6, 6.07) is 9.14. The Morgan fingerprint density at radius 3 is 2.74 bits per heavy atom. The van der Waals surface area contributed by atoms with Gasteiger partial charge in [0.05, 0.1) is 12.2 Å². The molecule has 1 aliphatic heterocycles. The lowest BCUT2D eigenvalue weighted by Gasteiger charge is -2.24. The Morgan fingerprint density at radius 1 is 1.42 bits per heavy atom. The van der Waals surface area contributed by atoms with Gasteiger partial charge in [0.1, 0.15) is 6.04 Å². The van der Waals surface area contributed by atoms with Gasteiger partial charge in [-0.3, -0.25) is 0 Å². The van der Waals surface area contributed by atoms with Gasteiger partial charge in [-0.2, -0.15) is 0 Å². The number of carbonyl (C=O) groups is 1. The van der Waals surface area contributed by atoms with Crippen LogP contribution in [0.2, 0.25) is 0 Å². The highest BCUT2D eigenvalue weighted by atomic mass is 16.5. The summed E-state index contributed by atoms with van der Waals surface area (Å²) in [6.07, 6.45) is 0. The molecule has 0 aliphatic carbocycles. The highest BCUT2D eigenvalue weighted by molar-refractivity contribution is 5.94. The van der Waals surface area contributed by atoms with Crippen molar-refractivity contribution in [2.75, 3.05) is 6.61 Å². The molecule has 19 heavy (non-hydrogen) atoms. The normalized spacial score (nSPS) is 18.6. The zero-order valence-electron chi connectivity index (χ0n) is 11.0. The first-order valence-corrected chi connectivity index (χ1v) is 6.16. The average Bonchev–Trinajstić information content (AvgIpc) is 2.39. The van der Waals surface area contributed by atoms with E-state index in [1.807, 2.05) is 30.3 Å². The van der Waals surface area contributed by atoms with Crippen LogP contribution < -0.4 is 11.1 Å². The molecular weight excluding hydrogens is 242 g/mol. The van der Waals surface area contributed by atoms with E-state index in [1.54, 1.807) is 13.8 Å². The third-order valence-corrected chi connectivity index (χ3v) is 2.87. The Morgan fingerprint density at radius 2 is 2.11 bits per heavy atom. The number of benzene rings is 1. The van der Waals surface area contributed by atoms with Crippen molar-refractivity contribution in [2.24, 2.45) is 10.7 Å². The monoisotopic (exact) mass is 259 g/mol. The van der Waals surface area contributed by atoms with E-state index in [9.17, 15) is 4.79 Å². The Labute approximate surface area is 112 Å². The quantitative estimate of drug-likeness (QED) is 0.806. The van der Waals surface area contributed by atoms with Gasteiger partial charge in [0.25, 0.3) is 0 Å². The Hall–Kier alpha value is -2.30. The highest BCUT2D eigenvalue weighted by Gasteiger charge is 2.29. The van der Waals surface area contributed by atoms with Crippen LogP contribution >= 0.6 is 0 Å². The second-order valence-electron chi connectivity index (χ2n) is 4.21. The van der Waals surface area contributed by atoms with E-state index in [4.69, 9.17) is 10.5 Å². The SMILES string of the molecule is CCOC(=O)C1=C(C)NC(N)=NC1c1ccccc1. The first-order chi connectivity index (χ1) is 9.13. The minimum atomic E-state index is -0.415. The highest BCUT2D eigenvalue weighted by Crippen LogP contribution is 2.30. The third kappa shape index (κ3) is 2.76. The minimum absolute atomic E-state index is 0.305. The molecule has 0 spiro atoms. The van der Waals surface area contributed by atoms with Gasteiger partial charge in [-0.05, 0) is 19.4 Å². The summed E-state index contributed by atoms with van der Waals surface area (Å²) in [6.45, 7) is 3.90. The van der Waals surface area contributed by atoms with Crippen molar-refractivity contribution in [1.29, 1.82) is 0 Å². The largest absolute Gasteiger partial charge is 0.463 e. The van der Waals surface area contributed by atoms with Crippen molar-refractivity contribution in [3.8, 4) is 0 Å². The standard InChI is InChI=1S/C14H17N3O2/c1-3-19-13(18)11-9(2)16-14(15)17-12(11)10-7-5-4-6-8-10/h4-8,12H,3H2,1-2H3,(H3,15,16,17). The summed E-state index contributed by atoms with van der Waals surface area (Å²) in [5, 5.41) is 2.87. The van der Waals surface area contributed by atoms with Crippen LogP contribution in [-0.4, -0.2) is 18.5 Å². The van der Waals surface area contributed by atoms with E-state index in [0.29, 0.717) is 23.8 Å². The molecule has 5 nitrogen and oxygen atoms in total. The van der Waals surface area contributed by atoms with Gasteiger partial charge in [-0.25, -0.2) is 9.79 Å². The van der Waals surface area contributed by atoms with Gasteiger partial charge in [0, 0.05) is 5.70 Å². The van der Waals surface area contributed by atoms with E-state index in [0.717, 1.165) is 5.56 Å². The number of guanidine groups is 1. The Balaban J connectivity index is 2.42. The van der Waals surface area contributed by atoms with Gasteiger partial charge in [-0.1, -0.05) is 30.3 Å². The summed E-state index contributed by atoms with van der Waals surface area (Å²) >= 11 is 0. The van der Waals surface area contributed by atoms with Crippen LogP contribution in [0.4, 0.5) is 0 Å². The van der Waals surface area contributed by atoms with E-state index < -0.39 is 6.04 Å². The van der Waals surface area contributed by atoms with E-state index in [2.05, 4.69) is 10.3 Å². The number of allylic oxidation sites excluding steroid dienone is 1. The number of carbonyl (C=O) groups excluding carboxylic acids is 1.